The van der Waals surface area contributed by atoms with Gasteiger partial charge in [-0.1, -0.05) is 11.6 Å². The van der Waals surface area contributed by atoms with Gasteiger partial charge in [-0.25, -0.2) is 0 Å². The summed E-state index contributed by atoms with van der Waals surface area (Å²) in [6.07, 6.45) is 7.03. The van der Waals surface area contributed by atoms with Gasteiger partial charge < -0.3 is 5.73 Å². The van der Waals surface area contributed by atoms with Crippen LogP contribution in [0.3, 0.4) is 0 Å². The first-order valence-corrected chi connectivity index (χ1v) is 5.76. The average molecular weight is 193 g/mol. The minimum absolute atomic E-state index is 0.444. The molecule has 1 aliphatic carbocycles. The number of rotatable bonds is 1. The second kappa shape index (κ2) is 4.07. The van der Waals surface area contributed by atoms with Crippen molar-refractivity contribution in [2.75, 3.05) is 0 Å². The number of nitrogens with two attached hydrogens (primary N) is 1. The van der Waals surface area contributed by atoms with Gasteiger partial charge in [0.15, 0.2) is 0 Å². The second-order valence-corrected chi connectivity index (χ2v) is 4.48. The van der Waals surface area contributed by atoms with E-state index in [4.69, 9.17) is 5.73 Å². The fraction of sp³-hybridized carbons (Fsp3) is 0.455. The van der Waals surface area contributed by atoms with E-state index in [1.54, 1.807) is 16.9 Å². The average Bonchev–Trinajstić information content (AvgIpc) is 2.62. The van der Waals surface area contributed by atoms with Gasteiger partial charge in [-0.05, 0) is 48.1 Å². The number of allylic oxidation sites excluding steroid dienone is 1. The quantitative estimate of drug-likeness (QED) is 0.729. The zero-order chi connectivity index (χ0) is 9.10. The Hall–Kier alpha value is -0.600. The van der Waals surface area contributed by atoms with Crippen LogP contribution >= 0.6 is 11.3 Å². The van der Waals surface area contributed by atoms with Crippen LogP contribution in [-0.2, 0) is 0 Å². The fourth-order valence-electron chi connectivity index (χ4n) is 1.75. The minimum atomic E-state index is 0.444. The molecule has 0 radical (unpaired) electrons. The van der Waals surface area contributed by atoms with Crippen LogP contribution < -0.4 is 5.73 Å². The van der Waals surface area contributed by atoms with Gasteiger partial charge in [-0.3, -0.25) is 0 Å². The van der Waals surface area contributed by atoms with Crippen molar-refractivity contribution in [3.63, 3.8) is 0 Å². The Morgan fingerprint density at radius 2 is 2.15 bits per heavy atom. The molecule has 1 saturated carbocycles. The molecule has 1 fully saturated rings. The molecule has 1 aliphatic rings. The highest BCUT2D eigenvalue weighted by atomic mass is 32.1. The fourth-order valence-corrected chi connectivity index (χ4v) is 2.37. The van der Waals surface area contributed by atoms with Gasteiger partial charge in [0.1, 0.15) is 0 Å². The lowest BCUT2D eigenvalue weighted by Gasteiger charge is -2.19. The van der Waals surface area contributed by atoms with Crippen molar-refractivity contribution in [3.8, 4) is 0 Å². The molecule has 2 N–H and O–H groups in total. The molecule has 0 aliphatic heterocycles. The van der Waals surface area contributed by atoms with Gasteiger partial charge in [0.05, 0.1) is 0 Å². The molecule has 0 saturated heterocycles. The summed E-state index contributed by atoms with van der Waals surface area (Å²) in [4.78, 5) is 0. The smallest absolute Gasteiger partial charge is 0.00449 e. The van der Waals surface area contributed by atoms with Gasteiger partial charge in [-0.15, -0.1) is 0 Å². The maximum Gasteiger partial charge on any atom is 0.00449 e. The van der Waals surface area contributed by atoms with Crippen molar-refractivity contribution in [2.24, 2.45) is 5.73 Å². The molecule has 2 rings (SSSR count). The molecule has 1 aromatic rings. The van der Waals surface area contributed by atoms with E-state index in [9.17, 15) is 0 Å². The molecule has 1 nitrogen and oxygen atoms in total. The molecular weight excluding hydrogens is 178 g/mol. The minimum Gasteiger partial charge on any atom is -0.328 e. The number of thiophene rings is 1. The maximum absolute atomic E-state index is 5.85. The van der Waals surface area contributed by atoms with Crippen molar-refractivity contribution in [1.29, 1.82) is 0 Å². The molecule has 0 bridgehead atoms. The van der Waals surface area contributed by atoms with Crippen LogP contribution in [0.1, 0.15) is 31.2 Å². The van der Waals surface area contributed by atoms with Crippen molar-refractivity contribution in [2.45, 2.75) is 31.7 Å². The highest BCUT2D eigenvalue weighted by Crippen LogP contribution is 2.24. The molecule has 13 heavy (non-hydrogen) atoms. The normalized spacial score (nSPS) is 23.2. The van der Waals surface area contributed by atoms with Crippen molar-refractivity contribution < 1.29 is 0 Å². The van der Waals surface area contributed by atoms with E-state index in [0.29, 0.717) is 6.04 Å². The Morgan fingerprint density at radius 3 is 2.77 bits per heavy atom. The van der Waals surface area contributed by atoms with Crippen LogP contribution in [0.4, 0.5) is 0 Å². The first-order chi connectivity index (χ1) is 6.34. The van der Waals surface area contributed by atoms with Crippen LogP contribution in [0, 0.1) is 0 Å². The molecule has 1 aromatic heterocycles. The summed E-state index contributed by atoms with van der Waals surface area (Å²) < 4.78 is 0. The lowest BCUT2D eigenvalue weighted by molar-refractivity contribution is 0.514. The predicted octanol–water partition coefficient (Wildman–Crippen LogP) is 3.03. The topological polar surface area (TPSA) is 26.0 Å². The monoisotopic (exact) mass is 193 g/mol. The van der Waals surface area contributed by atoms with Gasteiger partial charge in [0.25, 0.3) is 0 Å². The Labute approximate surface area is 83.3 Å². The van der Waals surface area contributed by atoms with Gasteiger partial charge in [0, 0.05) is 6.04 Å². The third-order valence-electron chi connectivity index (χ3n) is 2.59. The molecule has 70 valence electrons. The van der Waals surface area contributed by atoms with Crippen LogP contribution in [0.5, 0.6) is 0 Å². The summed E-state index contributed by atoms with van der Waals surface area (Å²) in [5, 5.41) is 4.32. The first-order valence-electron chi connectivity index (χ1n) is 4.82. The third kappa shape index (κ3) is 2.42. The third-order valence-corrected chi connectivity index (χ3v) is 3.29. The molecule has 1 heterocycles. The summed E-state index contributed by atoms with van der Waals surface area (Å²) in [5.74, 6) is 0. The zero-order valence-corrected chi connectivity index (χ0v) is 8.52. The van der Waals surface area contributed by atoms with Crippen LogP contribution in [0.25, 0.3) is 6.08 Å². The highest BCUT2D eigenvalue weighted by Gasteiger charge is 2.11. The molecule has 0 unspecified atom stereocenters. The van der Waals surface area contributed by atoms with Crippen molar-refractivity contribution in [1.82, 2.24) is 0 Å². The molecule has 2 heteroatoms. The van der Waals surface area contributed by atoms with Gasteiger partial charge >= 0.3 is 0 Å². The summed E-state index contributed by atoms with van der Waals surface area (Å²) in [6.45, 7) is 0. The van der Waals surface area contributed by atoms with E-state index >= 15 is 0 Å². The van der Waals surface area contributed by atoms with E-state index in [1.165, 1.54) is 18.4 Å². The predicted molar refractivity (Wildman–Crippen MR) is 58.7 cm³/mol. The molecule has 0 amide bonds. The SMILES string of the molecule is NC1CCC(=Cc2ccsc2)CC1. The lowest BCUT2D eigenvalue weighted by atomic mass is 9.90. The lowest BCUT2D eigenvalue weighted by Crippen LogP contribution is -2.23. The Morgan fingerprint density at radius 1 is 1.38 bits per heavy atom. The van der Waals surface area contributed by atoms with E-state index in [-0.39, 0.29) is 0 Å². The van der Waals surface area contributed by atoms with E-state index in [1.807, 2.05) is 0 Å². The first kappa shape index (κ1) is 8.97. The number of hydrogen-bond donors (Lipinski definition) is 1. The maximum atomic E-state index is 5.85. The number of hydrogen-bond acceptors (Lipinski definition) is 2. The van der Waals surface area contributed by atoms with E-state index in [0.717, 1.165) is 12.8 Å². The largest absolute Gasteiger partial charge is 0.328 e. The summed E-state index contributed by atoms with van der Waals surface area (Å²) in [6, 6.07) is 2.62. The van der Waals surface area contributed by atoms with Crippen LogP contribution in [-0.4, -0.2) is 6.04 Å². The van der Waals surface area contributed by atoms with Gasteiger partial charge in [-0.2, -0.15) is 11.3 Å². The molecule has 0 atom stereocenters. The standard InChI is InChI=1S/C11H15NS/c12-11-3-1-9(2-4-11)7-10-5-6-13-8-10/h5-8,11H,1-4,12H2. The summed E-state index contributed by atoms with van der Waals surface area (Å²) in [5.41, 5.74) is 8.77. The van der Waals surface area contributed by atoms with Crippen molar-refractivity contribution in [3.05, 3.63) is 28.0 Å². The second-order valence-electron chi connectivity index (χ2n) is 3.70. The zero-order valence-electron chi connectivity index (χ0n) is 7.70. The Kier molecular flexibility index (Phi) is 2.81. The molecular formula is C11H15NS. The summed E-state index contributed by atoms with van der Waals surface area (Å²) in [7, 11) is 0. The highest BCUT2D eigenvalue weighted by molar-refractivity contribution is 7.08. The summed E-state index contributed by atoms with van der Waals surface area (Å²) >= 11 is 1.76. The van der Waals surface area contributed by atoms with Gasteiger partial charge in [0.2, 0.25) is 0 Å². The Bertz CT molecular complexity index is 277. The molecule has 0 aromatic carbocycles. The van der Waals surface area contributed by atoms with E-state index in [2.05, 4.69) is 22.9 Å². The van der Waals surface area contributed by atoms with Crippen molar-refractivity contribution >= 4 is 17.4 Å². The van der Waals surface area contributed by atoms with Crippen LogP contribution in [0.2, 0.25) is 0 Å². The molecule has 0 spiro atoms. The Balaban J connectivity index is 2.02. The van der Waals surface area contributed by atoms with E-state index < -0.39 is 0 Å². The van der Waals surface area contributed by atoms with Crippen LogP contribution in [0.15, 0.2) is 22.4 Å².